The first kappa shape index (κ1) is 13.8. The van der Waals surface area contributed by atoms with Gasteiger partial charge in [-0.3, -0.25) is 4.98 Å². The number of aromatic nitrogens is 1. The van der Waals surface area contributed by atoms with Crippen LogP contribution in [0.3, 0.4) is 0 Å². The predicted molar refractivity (Wildman–Crippen MR) is 74.0 cm³/mol. The third kappa shape index (κ3) is 3.92. The Morgan fingerprint density at radius 1 is 1.25 bits per heavy atom. The number of pyridine rings is 1. The summed E-state index contributed by atoms with van der Waals surface area (Å²) in [7, 11) is 0. The van der Waals surface area contributed by atoms with Crippen LogP contribution in [0, 0.1) is 11.3 Å². The summed E-state index contributed by atoms with van der Waals surface area (Å²) in [5.74, 6) is -0.360. The Morgan fingerprint density at radius 2 is 2.05 bits per heavy atom. The molecule has 1 heterocycles. The normalized spacial score (nSPS) is 9.75. The molecule has 0 aliphatic heterocycles. The van der Waals surface area contributed by atoms with Crippen LogP contribution in [0.1, 0.15) is 27.9 Å². The van der Waals surface area contributed by atoms with Crippen LogP contribution in [-0.4, -0.2) is 17.6 Å². The van der Waals surface area contributed by atoms with Crippen LogP contribution in [0.4, 0.5) is 0 Å². The van der Waals surface area contributed by atoms with Crippen LogP contribution < -0.4 is 0 Å². The maximum Gasteiger partial charge on any atom is 0.338 e. The summed E-state index contributed by atoms with van der Waals surface area (Å²) in [5.41, 5.74) is 2.12. The van der Waals surface area contributed by atoms with E-state index in [1.807, 2.05) is 24.4 Å². The standard InChI is InChI=1S/C16H14N2O2/c17-11-13-5-7-15(8-6-13)16(19)20-10-2-4-14-3-1-9-18-12-14/h1,3,5-9,12H,2,4,10H2. The molecule has 0 saturated carbocycles. The van der Waals surface area contributed by atoms with Crippen LogP contribution in [0.15, 0.2) is 48.8 Å². The number of ether oxygens (including phenoxy) is 1. The van der Waals surface area contributed by atoms with E-state index in [4.69, 9.17) is 10.00 Å². The number of rotatable bonds is 5. The minimum atomic E-state index is -0.360. The van der Waals surface area contributed by atoms with Gasteiger partial charge < -0.3 is 4.74 Å². The lowest BCUT2D eigenvalue weighted by atomic mass is 10.1. The van der Waals surface area contributed by atoms with E-state index < -0.39 is 0 Å². The van der Waals surface area contributed by atoms with Gasteiger partial charge in [-0.1, -0.05) is 6.07 Å². The number of hydrogen-bond donors (Lipinski definition) is 0. The lowest BCUT2D eigenvalue weighted by Gasteiger charge is -2.05. The van der Waals surface area contributed by atoms with Gasteiger partial charge in [0.1, 0.15) is 0 Å². The third-order valence-electron chi connectivity index (χ3n) is 2.82. The molecule has 0 N–H and O–H groups in total. The zero-order valence-electron chi connectivity index (χ0n) is 11.0. The highest BCUT2D eigenvalue weighted by Gasteiger charge is 2.06. The number of benzene rings is 1. The van der Waals surface area contributed by atoms with Crippen molar-refractivity contribution in [1.29, 1.82) is 5.26 Å². The van der Waals surface area contributed by atoms with Gasteiger partial charge in [0.05, 0.1) is 23.8 Å². The van der Waals surface area contributed by atoms with Crippen LogP contribution in [0.2, 0.25) is 0 Å². The second-order valence-corrected chi connectivity index (χ2v) is 4.29. The monoisotopic (exact) mass is 266 g/mol. The number of nitrogens with zero attached hydrogens (tertiary/aromatic N) is 2. The molecule has 0 amide bonds. The quantitative estimate of drug-likeness (QED) is 0.616. The number of nitriles is 1. The number of hydrogen-bond acceptors (Lipinski definition) is 4. The summed E-state index contributed by atoms with van der Waals surface area (Å²) in [6.45, 7) is 0.369. The molecule has 4 nitrogen and oxygen atoms in total. The fraction of sp³-hybridized carbons (Fsp3) is 0.188. The maximum atomic E-state index is 11.7. The Labute approximate surface area is 117 Å². The SMILES string of the molecule is N#Cc1ccc(C(=O)OCCCc2cccnc2)cc1. The van der Waals surface area contributed by atoms with Crippen LogP contribution >= 0.6 is 0 Å². The van der Waals surface area contributed by atoms with E-state index in [0.717, 1.165) is 18.4 Å². The topological polar surface area (TPSA) is 63.0 Å². The average Bonchev–Trinajstić information content (AvgIpc) is 2.52. The molecule has 0 aliphatic rings. The number of aryl methyl sites for hydroxylation is 1. The smallest absolute Gasteiger partial charge is 0.338 e. The summed E-state index contributed by atoms with van der Waals surface area (Å²) < 4.78 is 5.18. The molecule has 2 rings (SSSR count). The van der Waals surface area contributed by atoms with Crippen molar-refractivity contribution in [2.75, 3.05) is 6.61 Å². The van der Waals surface area contributed by atoms with E-state index in [-0.39, 0.29) is 5.97 Å². The Morgan fingerprint density at radius 3 is 2.70 bits per heavy atom. The van der Waals surface area contributed by atoms with Crippen LogP contribution in [-0.2, 0) is 11.2 Å². The summed E-state index contributed by atoms with van der Waals surface area (Å²) in [6.07, 6.45) is 5.12. The molecule has 0 atom stereocenters. The van der Waals surface area contributed by atoms with Gasteiger partial charge in [-0.05, 0) is 48.7 Å². The van der Waals surface area contributed by atoms with Gasteiger partial charge in [-0.15, -0.1) is 0 Å². The second kappa shape index (κ2) is 7.05. The molecule has 0 radical (unpaired) electrons. The predicted octanol–water partition coefficient (Wildman–Crippen LogP) is 2.74. The van der Waals surface area contributed by atoms with Gasteiger partial charge in [0, 0.05) is 12.4 Å². The highest BCUT2D eigenvalue weighted by atomic mass is 16.5. The minimum Gasteiger partial charge on any atom is -0.462 e. The molecule has 0 aliphatic carbocycles. The molecular weight excluding hydrogens is 252 g/mol. The van der Waals surface area contributed by atoms with E-state index in [2.05, 4.69) is 4.98 Å². The minimum absolute atomic E-state index is 0.360. The molecule has 0 saturated heterocycles. The third-order valence-corrected chi connectivity index (χ3v) is 2.82. The van der Waals surface area contributed by atoms with Crippen molar-refractivity contribution in [2.24, 2.45) is 0 Å². The first-order chi connectivity index (χ1) is 9.79. The van der Waals surface area contributed by atoms with Gasteiger partial charge in [-0.2, -0.15) is 5.26 Å². The summed E-state index contributed by atoms with van der Waals surface area (Å²) >= 11 is 0. The summed E-state index contributed by atoms with van der Waals surface area (Å²) in [6, 6.07) is 12.3. The van der Waals surface area contributed by atoms with Gasteiger partial charge in [0.15, 0.2) is 0 Å². The number of carbonyl (C=O) groups is 1. The van der Waals surface area contributed by atoms with E-state index >= 15 is 0 Å². The van der Waals surface area contributed by atoms with Crippen molar-refractivity contribution in [1.82, 2.24) is 4.98 Å². The molecule has 0 unspecified atom stereocenters. The number of carbonyl (C=O) groups excluding carboxylic acids is 1. The molecule has 1 aromatic carbocycles. The van der Waals surface area contributed by atoms with Crippen molar-refractivity contribution in [3.05, 3.63) is 65.5 Å². The van der Waals surface area contributed by atoms with Crippen LogP contribution in [0.5, 0.6) is 0 Å². The molecule has 4 heteroatoms. The largest absolute Gasteiger partial charge is 0.462 e. The van der Waals surface area contributed by atoms with Gasteiger partial charge >= 0.3 is 5.97 Å². The molecule has 1 aromatic heterocycles. The highest BCUT2D eigenvalue weighted by Crippen LogP contribution is 2.06. The van der Waals surface area contributed by atoms with E-state index in [1.54, 1.807) is 30.5 Å². The lowest BCUT2D eigenvalue weighted by molar-refractivity contribution is 0.0500. The fourth-order valence-corrected chi connectivity index (χ4v) is 1.75. The van der Waals surface area contributed by atoms with Crippen molar-refractivity contribution in [3.8, 4) is 6.07 Å². The highest BCUT2D eigenvalue weighted by molar-refractivity contribution is 5.89. The lowest BCUT2D eigenvalue weighted by Crippen LogP contribution is -2.07. The van der Waals surface area contributed by atoms with E-state index in [9.17, 15) is 4.79 Å². The number of esters is 1. The average molecular weight is 266 g/mol. The Hall–Kier alpha value is -2.67. The van der Waals surface area contributed by atoms with Crippen molar-refractivity contribution < 1.29 is 9.53 Å². The van der Waals surface area contributed by atoms with Crippen LogP contribution in [0.25, 0.3) is 0 Å². The van der Waals surface area contributed by atoms with Crippen molar-refractivity contribution in [2.45, 2.75) is 12.8 Å². The Kier molecular flexibility index (Phi) is 4.85. The molecule has 0 bridgehead atoms. The van der Waals surface area contributed by atoms with E-state index in [0.29, 0.717) is 17.7 Å². The van der Waals surface area contributed by atoms with Crippen molar-refractivity contribution >= 4 is 5.97 Å². The fourth-order valence-electron chi connectivity index (χ4n) is 1.75. The summed E-state index contributed by atoms with van der Waals surface area (Å²) in [5, 5.41) is 8.68. The van der Waals surface area contributed by atoms with E-state index in [1.165, 1.54) is 0 Å². The first-order valence-corrected chi connectivity index (χ1v) is 6.36. The molecule has 20 heavy (non-hydrogen) atoms. The zero-order chi connectivity index (χ0) is 14.2. The Balaban J connectivity index is 1.76. The molecule has 2 aromatic rings. The second-order valence-electron chi connectivity index (χ2n) is 4.29. The first-order valence-electron chi connectivity index (χ1n) is 6.36. The molecule has 0 fully saturated rings. The molecule has 0 spiro atoms. The van der Waals surface area contributed by atoms with Gasteiger partial charge in [0.2, 0.25) is 0 Å². The van der Waals surface area contributed by atoms with Gasteiger partial charge in [0.25, 0.3) is 0 Å². The van der Waals surface area contributed by atoms with Gasteiger partial charge in [-0.25, -0.2) is 4.79 Å². The zero-order valence-corrected chi connectivity index (χ0v) is 11.0. The maximum absolute atomic E-state index is 11.7. The molecule has 100 valence electrons. The molecular formula is C16H14N2O2. The summed E-state index contributed by atoms with van der Waals surface area (Å²) in [4.78, 5) is 15.8. The Bertz CT molecular complexity index is 601. The van der Waals surface area contributed by atoms with Crippen molar-refractivity contribution in [3.63, 3.8) is 0 Å².